The number of aliphatic hydroxyl groups is 1. The molecular formula is C25H27N2O3S2+. The van der Waals surface area contributed by atoms with E-state index >= 15 is 0 Å². The van der Waals surface area contributed by atoms with Crippen LogP contribution in [0.4, 0.5) is 0 Å². The number of imidazole rings is 1. The van der Waals surface area contributed by atoms with Gasteiger partial charge in [0.15, 0.2) is 0 Å². The van der Waals surface area contributed by atoms with Gasteiger partial charge in [0.2, 0.25) is 5.60 Å². The molecule has 3 aromatic heterocycles. The van der Waals surface area contributed by atoms with Crippen molar-refractivity contribution in [3.63, 3.8) is 0 Å². The SMILES string of the molecule is Cc1n(CCc2ccccc2)cc[n+]1CCCOC(=O)C(O)(c1cccs1)c1cccs1. The Labute approximate surface area is 196 Å². The first kappa shape index (κ1) is 22.5. The van der Waals surface area contributed by atoms with E-state index in [9.17, 15) is 9.90 Å². The first-order chi connectivity index (χ1) is 15.6. The predicted molar refractivity (Wildman–Crippen MR) is 127 cm³/mol. The number of esters is 1. The van der Waals surface area contributed by atoms with Gasteiger partial charge in [-0.3, -0.25) is 0 Å². The lowest BCUT2D eigenvalue weighted by Crippen LogP contribution is -2.39. The minimum Gasteiger partial charge on any atom is -0.463 e. The average Bonchev–Trinajstić information content (AvgIpc) is 3.59. The fourth-order valence-electron chi connectivity index (χ4n) is 3.70. The van der Waals surface area contributed by atoms with E-state index in [0.29, 0.717) is 16.2 Å². The van der Waals surface area contributed by atoms with Crippen LogP contribution < -0.4 is 4.57 Å². The summed E-state index contributed by atoms with van der Waals surface area (Å²) in [5.74, 6) is 0.547. The number of ether oxygens (including phenoxy) is 1. The molecule has 0 radical (unpaired) electrons. The standard InChI is InChI=1S/C25H27N2O3S2/c1-20-26(15-16-27(20)14-12-21-8-3-2-4-9-21)13-7-17-30-24(28)25(29,22-10-5-18-31-22)23-11-6-19-32-23/h2-6,8-11,15-16,18-19,29H,7,12-14,17H2,1H3/q+1. The number of aryl methyl sites for hydroxylation is 3. The molecule has 5 nitrogen and oxygen atoms in total. The number of aromatic nitrogens is 2. The molecule has 0 amide bonds. The maximum Gasteiger partial charge on any atom is 0.349 e. The summed E-state index contributed by atoms with van der Waals surface area (Å²) in [6.45, 7) is 4.02. The summed E-state index contributed by atoms with van der Waals surface area (Å²) in [7, 11) is 0. The summed E-state index contributed by atoms with van der Waals surface area (Å²) in [5, 5.41) is 15.0. The fraction of sp³-hybridized carbons (Fsp3) is 0.280. The van der Waals surface area contributed by atoms with E-state index in [1.54, 1.807) is 12.1 Å². The minimum absolute atomic E-state index is 0.250. The van der Waals surface area contributed by atoms with E-state index < -0.39 is 11.6 Å². The highest BCUT2D eigenvalue weighted by Gasteiger charge is 2.43. The number of benzene rings is 1. The van der Waals surface area contributed by atoms with Gasteiger partial charge in [-0.15, -0.1) is 22.7 Å². The van der Waals surface area contributed by atoms with Gasteiger partial charge in [0, 0.05) is 19.8 Å². The second kappa shape index (κ2) is 10.3. The van der Waals surface area contributed by atoms with Gasteiger partial charge in [0.1, 0.15) is 12.4 Å². The zero-order valence-electron chi connectivity index (χ0n) is 18.0. The Morgan fingerprint density at radius 2 is 1.75 bits per heavy atom. The summed E-state index contributed by atoms with van der Waals surface area (Å²) in [4.78, 5) is 14.0. The van der Waals surface area contributed by atoms with Crippen molar-refractivity contribution < 1.29 is 19.2 Å². The van der Waals surface area contributed by atoms with Crippen molar-refractivity contribution in [3.05, 3.63) is 98.9 Å². The molecular weight excluding hydrogens is 440 g/mol. The summed E-state index contributed by atoms with van der Waals surface area (Å²) in [5.41, 5.74) is -0.422. The molecule has 0 spiro atoms. The Hall–Kier alpha value is -2.74. The monoisotopic (exact) mass is 467 g/mol. The van der Waals surface area contributed by atoms with Crippen molar-refractivity contribution in [1.29, 1.82) is 0 Å². The number of thiophene rings is 2. The molecule has 0 aliphatic rings. The van der Waals surface area contributed by atoms with Crippen LogP contribution in [0, 0.1) is 6.92 Å². The lowest BCUT2D eigenvalue weighted by Gasteiger charge is -2.23. The summed E-state index contributed by atoms with van der Waals surface area (Å²) in [6, 6.07) is 17.7. The van der Waals surface area contributed by atoms with Crippen molar-refractivity contribution in [1.82, 2.24) is 4.57 Å². The Bertz CT molecular complexity index is 1090. The molecule has 32 heavy (non-hydrogen) atoms. The van der Waals surface area contributed by atoms with Crippen molar-refractivity contribution >= 4 is 28.6 Å². The van der Waals surface area contributed by atoms with Crippen LogP contribution in [0.15, 0.2) is 77.8 Å². The van der Waals surface area contributed by atoms with E-state index in [4.69, 9.17) is 4.74 Å². The Balaban J connectivity index is 1.31. The van der Waals surface area contributed by atoms with Crippen LogP contribution in [-0.4, -0.2) is 22.2 Å². The number of carbonyl (C=O) groups is 1. The van der Waals surface area contributed by atoms with Gasteiger partial charge in [-0.2, -0.15) is 0 Å². The summed E-state index contributed by atoms with van der Waals surface area (Å²) >= 11 is 2.70. The largest absolute Gasteiger partial charge is 0.463 e. The molecule has 0 aliphatic carbocycles. The maximum absolute atomic E-state index is 12.9. The van der Waals surface area contributed by atoms with Crippen LogP contribution in [0.5, 0.6) is 0 Å². The molecule has 0 fully saturated rings. The normalized spacial score (nSPS) is 11.6. The quantitative estimate of drug-likeness (QED) is 0.215. The highest BCUT2D eigenvalue weighted by atomic mass is 32.1. The Kier molecular flexibility index (Phi) is 7.19. The lowest BCUT2D eigenvalue weighted by molar-refractivity contribution is -0.702. The molecule has 0 saturated heterocycles. The molecule has 1 aromatic carbocycles. The van der Waals surface area contributed by atoms with Crippen LogP contribution in [0.25, 0.3) is 0 Å². The number of rotatable bonds is 10. The van der Waals surface area contributed by atoms with Crippen molar-refractivity contribution in [3.8, 4) is 0 Å². The molecule has 7 heteroatoms. The summed E-state index contributed by atoms with van der Waals surface area (Å²) in [6.07, 6.45) is 5.81. The predicted octanol–water partition coefficient (Wildman–Crippen LogP) is 4.32. The molecule has 0 unspecified atom stereocenters. The number of hydrogen-bond donors (Lipinski definition) is 1. The van der Waals surface area contributed by atoms with Crippen LogP contribution in [0.3, 0.4) is 0 Å². The number of nitrogens with zero attached hydrogens (tertiary/aromatic N) is 2. The van der Waals surface area contributed by atoms with Crippen molar-refractivity contribution in [2.75, 3.05) is 6.61 Å². The van der Waals surface area contributed by atoms with Crippen LogP contribution >= 0.6 is 22.7 Å². The molecule has 0 atom stereocenters. The van der Waals surface area contributed by atoms with E-state index in [-0.39, 0.29) is 6.61 Å². The second-order valence-corrected chi connectivity index (χ2v) is 9.52. The van der Waals surface area contributed by atoms with Gasteiger partial charge >= 0.3 is 5.97 Å². The topological polar surface area (TPSA) is 55.3 Å². The zero-order chi connectivity index (χ0) is 22.4. The molecule has 1 N–H and O–H groups in total. The molecule has 4 rings (SSSR count). The van der Waals surface area contributed by atoms with E-state index in [0.717, 1.165) is 19.5 Å². The fourth-order valence-corrected chi connectivity index (χ4v) is 5.42. The maximum atomic E-state index is 12.9. The van der Waals surface area contributed by atoms with Crippen molar-refractivity contribution in [2.45, 2.75) is 38.5 Å². The first-order valence-electron chi connectivity index (χ1n) is 10.7. The summed E-state index contributed by atoms with van der Waals surface area (Å²) < 4.78 is 9.94. The third kappa shape index (κ3) is 4.85. The van der Waals surface area contributed by atoms with E-state index in [1.807, 2.05) is 29.0 Å². The zero-order valence-corrected chi connectivity index (χ0v) is 19.6. The van der Waals surface area contributed by atoms with Gasteiger partial charge in [0.25, 0.3) is 5.82 Å². The van der Waals surface area contributed by atoms with Crippen molar-refractivity contribution in [2.24, 2.45) is 0 Å². The molecule has 0 bridgehead atoms. The van der Waals surface area contributed by atoms with E-state index in [1.165, 1.54) is 34.1 Å². The van der Waals surface area contributed by atoms with Gasteiger partial charge in [-0.25, -0.2) is 13.9 Å². The Morgan fingerprint density at radius 1 is 1.06 bits per heavy atom. The molecule has 166 valence electrons. The molecule has 0 saturated carbocycles. The lowest BCUT2D eigenvalue weighted by atomic mass is 10.0. The van der Waals surface area contributed by atoms with Gasteiger partial charge < -0.3 is 9.84 Å². The second-order valence-electron chi connectivity index (χ2n) is 7.62. The van der Waals surface area contributed by atoms with Gasteiger partial charge in [-0.1, -0.05) is 42.5 Å². The third-order valence-electron chi connectivity index (χ3n) is 5.57. The van der Waals surface area contributed by atoms with Crippen LogP contribution in [0.1, 0.15) is 27.6 Å². The average molecular weight is 468 g/mol. The van der Waals surface area contributed by atoms with Crippen LogP contribution in [-0.2, 0) is 34.6 Å². The van der Waals surface area contributed by atoms with Gasteiger partial charge in [-0.05, 0) is 28.5 Å². The highest BCUT2D eigenvalue weighted by Crippen LogP contribution is 2.36. The minimum atomic E-state index is -1.74. The van der Waals surface area contributed by atoms with Gasteiger partial charge in [0.05, 0.1) is 29.5 Å². The van der Waals surface area contributed by atoms with Crippen LogP contribution in [0.2, 0.25) is 0 Å². The number of carbonyl (C=O) groups excluding carboxylic acids is 1. The van der Waals surface area contributed by atoms with E-state index in [2.05, 4.69) is 52.7 Å². The highest BCUT2D eigenvalue weighted by molar-refractivity contribution is 7.12. The molecule has 0 aliphatic heterocycles. The Morgan fingerprint density at radius 3 is 2.38 bits per heavy atom. The molecule has 4 aromatic rings. The smallest absolute Gasteiger partial charge is 0.349 e. The first-order valence-corrected chi connectivity index (χ1v) is 12.4. The molecule has 3 heterocycles. The number of hydrogen-bond acceptors (Lipinski definition) is 5. The third-order valence-corrected chi connectivity index (χ3v) is 7.53.